The Morgan fingerprint density at radius 3 is 2.59 bits per heavy atom. The molecule has 4 aromatic rings. The van der Waals surface area contributed by atoms with Gasteiger partial charge in [0.05, 0.1) is 23.4 Å². The number of hydrogen-bond acceptors (Lipinski definition) is 7. The Morgan fingerprint density at radius 1 is 1.13 bits per heavy atom. The van der Waals surface area contributed by atoms with E-state index in [4.69, 9.17) is 10.6 Å². The smallest absolute Gasteiger partial charge is 0.341 e. The van der Waals surface area contributed by atoms with Gasteiger partial charge in [-0.3, -0.25) is 19.7 Å². The monoisotopic (exact) mass is 537 g/mol. The van der Waals surface area contributed by atoms with Gasteiger partial charge in [-0.25, -0.2) is 22.9 Å². The Hall–Kier alpha value is -4.68. The zero-order valence-electron chi connectivity index (χ0n) is 20.3. The van der Waals surface area contributed by atoms with Crippen LogP contribution in [0.2, 0.25) is 0 Å². The van der Waals surface area contributed by atoms with Crippen LogP contribution in [-0.4, -0.2) is 33.7 Å². The molecule has 1 aliphatic rings. The summed E-state index contributed by atoms with van der Waals surface area (Å²) in [7, 11) is 0. The van der Waals surface area contributed by atoms with Gasteiger partial charge in [-0.15, -0.1) is 0 Å². The predicted octanol–water partition coefficient (Wildman–Crippen LogP) is 3.46. The van der Waals surface area contributed by atoms with E-state index in [2.05, 4.69) is 10.5 Å². The molecule has 4 N–H and O–H groups in total. The molecule has 9 nitrogen and oxygen atoms in total. The summed E-state index contributed by atoms with van der Waals surface area (Å²) in [6, 6.07) is 12.9. The minimum atomic E-state index is -1.60. The molecule has 3 heterocycles. The maximum Gasteiger partial charge on any atom is 0.341 e. The van der Waals surface area contributed by atoms with E-state index in [0.717, 1.165) is 34.5 Å². The molecule has 1 aliphatic heterocycles. The van der Waals surface area contributed by atoms with Crippen molar-refractivity contribution in [3.63, 3.8) is 0 Å². The standard InChI is InChI=1S/C27H22F3N5O4/c28-17-6-7-23(20(29)8-17)35-12-19(27(37)38)24(36)18-9-21(30)26(32-25(18)35)34-11-16(10-31)22(13-34)33-39-14-15-4-2-1-3-5-15/h1-9,12-13,16,33H,10-11,14,31H2,(H,37,38). The lowest BCUT2D eigenvalue weighted by molar-refractivity contribution is 0.0440. The SMILES string of the molecule is NCC1CN(c2nc3c(cc2F)c(=O)c(C(=O)O)cn3-c2ccc(F)cc2F)C=C1NOCc1ccccc1. The number of carboxylic acids is 1. The van der Waals surface area contributed by atoms with Gasteiger partial charge in [-0.1, -0.05) is 30.3 Å². The molecule has 0 saturated carbocycles. The molecule has 0 spiro atoms. The number of hydroxylamine groups is 1. The van der Waals surface area contributed by atoms with Gasteiger partial charge in [-0.2, -0.15) is 0 Å². The minimum absolute atomic E-state index is 0.201. The number of carbonyl (C=O) groups is 1. The van der Waals surface area contributed by atoms with Crippen LogP contribution in [0.1, 0.15) is 15.9 Å². The third-order valence-electron chi connectivity index (χ3n) is 6.29. The zero-order chi connectivity index (χ0) is 27.7. The molecule has 0 saturated heterocycles. The van der Waals surface area contributed by atoms with Crippen molar-refractivity contribution in [1.82, 2.24) is 15.0 Å². The van der Waals surface area contributed by atoms with E-state index in [1.807, 2.05) is 30.3 Å². The van der Waals surface area contributed by atoms with E-state index in [-0.39, 0.29) is 48.2 Å². The molecule has 1 atom stereocenters. The van der Waals surface area contributed by atoms with Crippen LogP contribution in [0, 0.1) is 23.4 Å². The highest BCUT2D eigenvalue weighted by molar-refractivity contribution is 5.92. The van der Waals surface area contributed by atoms with Crippen LogP contribution >= 0.6 is 0 Å². The fourth-order valence-corrected chi connectivity index (χ4v) is 4.33. The first-order chi connectivity index (χ1) is 18.8. The Morgan fingerprint density at radius 2 is 1.90 bits per heavy atom. The second-order valence-corrected chi connectivity index (χ2v) is 8.85. The highest BCUT2D eigenvalue weighted by Crippen LogP contribution is 2.29. The molecule has 0 bridgehead atoms. The first kappa shape index (κ1) is 25.9. The number of benzene rings is 2. The number of anilines is 1. The molecule has 39 heavy (non-hydrogen) atoms. The third-order valence-corrected chi connectivity index (χ3v) is 6.29. The number of carboxylic acid groups (broad SMARTS) is 1. The van der Waals surface area contributed by atoms with Gasteiger partial charge in [0.2, 0.25) is 5.43 Å². The average Bonchev–Trinajstić information content (AvgIpc) is 3.32. The normalized spacial score (nSPS) is 15.0. The van der Waals surface area contributed by atoms with Crippen molar-refractivity contribution in [3.8, 4) is 5.69 Å². The highest BCUT2D eigenvalue weighted by atomic mass is 19.1. The summed E-state index contributed by atoms with van der Waals surface area (Å²) in [5.74, 6) is -4.88. The van der Waals surface area contributed by atoms with E-state index in [0.29, 0.717) is 11.8 Å². The topological polar surface area (TPSA) is 123 Å². The van der Waals surface area contributed by atoms with Gasteiger partial charge in [-0.05, 0) is 23.8 Å². The molecule has 0 aliphatic carbocycles. The van der Waals surface area contributed by atoms with Crippen LogP contribution in [0.15, 0.2) is 77.5 Å². The molecule has 200 valence electrons. The van der Waals surface area contributed by atoms with Gasteiger partial charge in [0, 0.05) is 37.5 Å². The maximum atomic E-state index is 15.3. The molecule has 2 aromatic heterocycles. The zero-order valence-corrected chi connectivity index (χ0v) is 20.3. The fraction of sp³-hybridized carbons (Fsp3) is 0.148. The quantitative estimate of drug-likeness (QED) is 0.292. The van der Waals surface area contributed by atoms with E-state index < -0.39 is 34.4 Å². The Kier molecular flexibility index (Phi) is 7.05. The molecular formula is C27H22F3N5O4. The lowest BCUT2D eigenvalue weighted by atomic mass is 10.1. The van der Waals surface area contributed by atoms with Gasteiger partial charge in [0.1, 0.15) is 17.2 Å². The number of hydrogen-bond donors (Lipinski definition) is 3. The molecule has 0 fully saturated rings. The summed E-state index contributed by atoms with van der Waals surface area (Å²) in [4.78, 5) is 35.9. The van der Waals surface area contributed by atoms with E-state index in [1.165, 1.54) is 4.90 Å². The van der Waals surface area contributed by atoms with E-state index >= 15 is 4.39 Å². The lowest BCUT2D eigenvalue weighted by Gasteiger charge is -2.19. The molecule has 5 rings (SSSR count). The maximum absolute atomic E-state index is 15.3. The van der Waals surface area contributed by atoms with Crippen molar-refractivity contribution in [2.45, 2.75) is 6.61 Å². The summed E-state index contributed by atoms with van der Waals surface area (Å²) in [5.41, 5.74) is 8.05. The predicted molar refractivity (Wildman–Crippen MR) is 137 cm³/mol. The van der Waals surface area contributed by atoms with Crippen molar-refractivity contribution in [3.05, 3.63) is 111 Å². The number of nitrogens with one attached hydrogen (secondary N) is 1. The number of nitrogens with zero attached hydrogens (tertiary/aromatic N) is 3. The summed E-state index contributed by atoms with van der Waals surface area (Å²) in [6.45, 7) is 0.678. The molecule has 0 amide bonds. The second kappa shape index (κ2) is 10.6. The van der Waals surface area contributed by atoms with Crippen LogP contribution in [0.25, 0.3) is 16.7 Å². The Bertz CT molecular complexity index is 1660. The van der Waals surface area contributed by atoms with Gasteiger partial charge in [0.25, 0.3) is 0 Å². The summed E-state index contributed by atoms with van der Waals surface area (Å²) in [6.07, 6.45) is 2.44. The third kappa shape index (κ3) is 5.07. The van der Waals surface area contributed by atoms with Crippen LogP contribution in [0.5, 0.6) is 0 Å². The molecule has 2 aromatic carbocycles. The largest absolute Gasteiger partial charge is 0.477 e. The lowest BCUT2D eigenvalue weighted by Crippen LogP contribution is -2.28. The number of pyridine rings is 2. The van der Waals surface area contributed by atoms with Gasteiger partial charge >= 0.3 is 5.97 Å². The number of aromatic nitrogens is 2. The average molecular weight is 537 g/mol. The number of rotatable bonds is 8. The number of nitrogens with two attached hydrogens (primary N) is 1. The van der Waals surface area contributed by atoms with Crippen LogP contribution in [0.3, 0.4) is 0 Å². The van der Waals surface area contributed by atoms with Crippen LogP contribution < -0.4 is 21.5 Å². The first-order valence-corrected chi connectivity index (χ1v) is 11.8. The van der Waals surface area contributed by atoms with Crippen molar-refractivity contribution in [1.29, 1.82) is 0 Å². The van der Waals surface area contributed by atoms with E-state index in [9.17, 15) is 23.5 Å². The molecular weight excluding hydrogens is 515 g/mol. The van der Waals surface area contributed by atoms with Gasteiger partial charge in [0.15, 0.2) is 17.3 Å². The number of halogens is 3. The van der Waals surface area contributed by atoms with E-state index in [1.54, 1.807) is 6.20 Å². The Labute approximate surface area is 219 Å². The summed E-state index contributed by atoms with van der Waals surface area (Å²) >= 11 is 0. The molecule has 1 unspecified atom stereocenters. The fourth-order valence-electron chi connectivity index (χ4n) is 4.33. The summed E-state index contributed by atoms with van der Waals surface area (Å²) < 4.78 is 44.6. The second-order valence-electron chi connectivity index (χ2n) is 8.85. The highest BCUT2D eigenvalue weighted by Gasteiger charge is 2.29. The van der Waals surface area contributed by atoms with Crippen molar-refractivity contribution in [2.24, 2.45) is 11.7 Å². The molecule has 12 heteroatoms. The summed E-state index contributed by atoms with van der Waals surface area (Å²) in [5, 5.41) is 9.12. The van der Waals surface area contributed by atoms with Gasteiger partial charge < -0.3 is 15.7 Å². The van der Waals surface area contributed by atoms with Crippen LogP contribution in [0.4, 0.5) is 19.0 Å². The van der Waals surface area contributed by atoms with Crippen LogP contribution in [-0.2, 0) is 11.4 Å². The first-order valence-electron chi connectivity index (χ1n) is 11.8. The molecule has 0 radical (unpaired) electrons. The van der Waals surface area contributed by atoms with Crippen molar-refractivity contribution >= 4 is 22.8 Å². The number of aromatic carboxylic acids is 1. The number of fused-ring (bicyclic) bond motifs is 1. The minimum Gasteiger partial charge on any atom is -0.477 e. The van der Waals surface area contributed by atoms with Crippen molar-refractivity contribution < 1.29 is 27.9 Å². The van der Waals surface area contributed by atoms with Crippen molar-refractivity contribution in [2.75, 3.05) is 18.0 Å². The Balaban J connectivity index is 1.56.